The number of hydrogen-bond acceptors (Lipinski definition) is 4. The number of nitrogens with zero attached hydrogens (tertiary/aromatic N) is 2. The molecule has 0 atom stereocenters. The highest BCUT2D eigenvalue weighted by Gasteiger charge is 2.35. The van der Waals surface area contributed by atoms with Crippen LogP contribution in [0.4, 0.5) is 4.39 Å². The van der Waals surface area contributed by atoms with Crippen molar-refractivity contribution >= 4 is 29.9 Å². The lowest BCUT2D eigenvalue weighted by Gasteiger charge is -2.38. The average Bonchev–Trinajstić information content (AvgIpc) is 3.20. The van der Waals surface area contributed by atoms with Gasteiger partial charge in [-0.05, 0) is 37.5 Å². The fourth-order valence-electron chi connectivity index (χ4n) is 3.62. The Hall–Kier alpha value is -1.68. The average molecular weight is 544 g/mol. The molecule has 172 valence electrons. The second-order valence-corrected chi connectivity index (χ2v) is 8.82. The fraction of sp³-hybridized carbons (Fsp3) is 0.565. The molecule has 0 spiro atoms. The second-order valence-electron chi connectivity index (χ2n) is 8.82. The predicted octanol–water partition coefficient (Wildman–Crippen LogP) is 4.53. The Kier molecular flexibility index (Phi) is 9.29. The van der Waals surface area contributed by atoms with E-state index in [1.165, 1.54) is 6.07 Å². The predicted molar refractivity (Wildman–Crippen MR) is 132 cm³/mol. The first-order valence-electron chi connectivity index (χ1n) is 10.6. The third-order valence-electron chi connectivity index (χ3n) is 5.49. The molecule has 0 radical (unpaired) electrons. The maximum Gasteiger partial charge on any atom is 0.216 e. The Labute approximate surface area is 201 Å². The molecule has 0 aliphatic carbocycles. The topological polar surface area (TPSA) is 71.7 Å². The normalized spacial score (nSPS) is 16.5. The van der Waals surface area contributed by atoms with Gasteiger partial charge in [0.25, 0.3) is 0 Å². The van der Waals surface area contributed by atoms with Crippen LogP contribution in [0.3, 0.4) is 0 Å². The molecule has 0 amide bonds. The Balaban J connectivity index is 0.00000341. The van der Waals surface area contributed by atoms with Crippen molar-refractivity contribution in [3.8, 4) is 0 Å². The molecule has 1 saturated heterocycles. The van der Waals surface area contributed by atoms with Crippen LogP contribution in [0, 0.1) is 5.82 Å². The molecule has 0 unspecified atom stereocenters. The lowest BCUT2D eigenvalue weighted by atomic mass is 9.74. The van der Waals surface area contributed by atoms with Gasteiger partial charge in [0.05, 0.1) is 6.20 Å². The maximum atomic E-state index is 13.9. The van der Waals surface area contributed by atoms with Gasteiger partial charge >= 0.3 is 0 Å². The SMILES string of the molecule is CCNC(=NCc1ncc(C(C)(C)C)o1)NCC1(c2cccc(F)c2)CCOCC1.I. The Morgan fingerprint density at radius 1 is 1.23 bits per heavy atom. The van der Waals surface area contributed by atoms with Crippen molar-refractivity contribution in [2.75, 3.05) is 26.3 Å². The van der Waals surface area contributed by atoms with E-state index in [1.54, 1.807) is 18.3 Å². The van der Waals surface area contributed by atoms with Crippen LogP contribution >= 0.6 is 24.0 Å². The standard InChI is InChI=1S/C23H33FN4O2.HI/c1-5-25-21(27-15-20-26-14-19(30-20)22(2,3)4)28-16-23(9-11-29-12-10-23)17-7-6-8-18(24)13-17;/h6-8,13-14H,5,9-12,15-16H2,1-4H3,(H2,25,27,28);1H. The quantitative estimate of drug-likeness (QED) is 0.318. The molecule has 1 aromatic carbocycles. The number of benzene rings is 1. The lowest BCUT2D eigenvalue weighted by molar-refractivity contribution is 0.0513. The molecule has 2 heterocycles. The van der Waals surface area contributed by atoms with Gasteiger partial charge in [0, 0.05) is 37.1 Å². The van der Waals surface area contributed by atoms with E-state index < -0.39 is 0 Å². The van der Waals surface area contributed by atoms with E-state index in [9.17, 15) is 4.39 Å². The van der Waals surface area contributed by atoms with E-state index in [0.717, 1.165) is 30.7 Å². The van der Waals surface area contributed by atoms with Gasteiger partial charge < -0.3 is 19.8 Å². The zero-order valence-corrected chi connectivity index (χ0v) is 21.2. The number of aromatic nitrogens is 1. The van der Waals surface area contributed by atoms with Gasteiger partial charge in [-0.2, -0.15) is 0 Å². The zero-order valence-electron chi connectivity index (χ0n) is 18.8. The highest BCUT2D eigenvalue weighted by Crippen LogP contribution is 2.34. The van der Waals surface area contributed by atoms with E-state index in [4.69, 9.17) is 9.15 Å². The third-order valence-corrected chi connectivity index (χ3v) is 5.49. The van der Waals surface area contributed by atoms with E-state index in [2.05, 4.69) is 41.4 Å². The van der Waals surface area contributed by atoms with Crippen molar-refractivity contribution in [3.63, 3.8) is 0 Å². The van der Waals surface area contributed by atoms with Crippen LogP contribution in [-0.4, -0.2) is 37.2 Å². The molecule has 3 rings (SSSR count). The highest BCUT2D eigenvalue weighted by molar-refractivity contribution is 14.0. The van der Waals surface area contributed by atoms with Crippen LogP contribution in [0.25, 0.3) is 0 Å². The van der Waals surface area contributed by atoms with Crippen LogP contribution in [0.15, 0.2) is 39.9 Å². The number of guanidine groups is 1. The molecular formula is C23H34FIN4O2. The van der Waals surface area contributed by atoms with Crippen molar-refractivity contribution in [2.24, 2.45) is 4.99 Å². The van der Waals surface area contributed by atoms with E-state index >= 15 is 0 Å². The van der Waals surface area contributed by atoms with Gasteiger partial charge in [-0.1, -0.05) is 32.9 Å². The summed E-state index contributed by atoms with van der Waals surface area (Å²) in [6.45, 7) is 11.4. The first kappa shape index (κ1) is 25.6. The number of ether oxygens (including phenoxy) is 1. The molecule has 31 heavy (non-hydrogen) atoms. The van der Waals surface area contributed by atoms with Crippen molar-refractivity contribution < 1.29 is 13.5 Å². The molecule has 1 fully saturated rings. The first-order valence-corrected chi connectivity index (χ1v) is 10.6. The minimum Gasteiger partial charge on any atom is -0.443 e. The van der Waals surface area contributed by atoms with Crippen LogP contribution in [0.1, 0.15) is 57.8 Å². The summed E-state index contributed by atoms with van der Waals surface area (Å²) in [6, 6.07) is 6.90. The molecular weight excluding hydrogens is 510 g/mol. The highest BCUT2D eigenvalue weighted by atomic mass is 127. The fourth-order valence-corrected chi connectivity index (χ4v) is 3.62. The van der Waals surface area contributed by atoms with Gasteiger partial charge in [-0.3, -0.25) is 0 Å². The summed E-state index contributed by atoms with van der Waals surface area (Å²) in [5, 5.41) is 6.72. The monoisotopic (exact) mass is 544 g/mol. The van der Waals surface area contributed by atoms with Crippen molar-refractivity contribution in [3.05, 3.63) is 53.5 Å². The van der Waals surface area contributed by atoms with Gasteiger partial charge in [-0.15, -0.1) is 24.0 Å². The van der Waals surface area contributed by atoms with Gasteiger partial charge in [0.15, 0.2) is 5.96 Å². The van der Waals surface area contributed by atoms with Crippen LogP contribution in [0.2, 0.25) is 0 Å². The minimum atomic E-state index is -0.211. The van der Waals surface area contributed by atoms with Crippen molar-refractivity contribution in [1.29, 1.82) is 0 Å². The summed E-state index contributed by atoms with van der Waals surface area (Å²) in [6.07, 6.45) is 3.43. The molecule has 8 heteroatoms. The molecule has 2 aromatic rings. The second kappa shape index (κ2) is 11.3. The van der Waals surface area contributed by atoms with Crippen molar-refractivity contribution in [1.82, 2.24) is 15.6 Å². The lowest BCUT2D eigenvalue weighted by Crippen LogP contribution is -2.48. The van der Waals surface area contributed by atoms with Crippen LogP contribution in [0.5, 0.6) is 0 Å². The van der Waals surface area contributed by atoms with Crippen molar-refractivity contribution in [2.45, 2.75) is 57.9 Å². The van der Waals surface area contributed by atoms with E-state index in [1.807, 2.05) is 13.0 Å². The number of oxazole rings is 1. The largest absolute Gasteiger partial charge is 0.443 e. The minimum absolute atomic E-state index is 0. The zero-order chi connectivity index (χ0) is 21.6. The summed E-state index contributed by atoms with van der Waals surface area (Å²) < 4.78 is 25.3. The number of rotatable bonds is 6. The molecule has 2 N–H and O–H groups in total. The number of nitrogens with one attached hydrogen (secondary N) is 2. The molecule has 0 bridgehead atoms. The van der Waals surface area contributed by atoms with Crippen LogP contribution in [-0.2, 0) is 22.1 Å². The summed E-state index contributed by atoms with van der Waals surface area (Å²) in [5.41, 5.74) is 0.716. The number of halogens is 2. The Morgan fingerprint density at radius 3 is 2.58 bits per heavy atom. The summed E-state index contributed by atoms with van der Waals surface area (Å²) in [4.78, 5) is 8.99. The van der Waals surface area contributed by atoms with Gasteiger partial charge in [0.2, 0.25) is 5.89 Å². The molecule has 6 nitrogen and oxygen atoms in total. The number of hydrogen-bond donors (Lipinski definition) is 2. The smallest absolute Gasteiger partial charge is 0.216 e. The number of aliphatic imine (C=N–C) groups is 1. The first-order chi connectivity index (χ1) is 14.3. The summed E-state index contributed by atoms with van der Waals surface area (Å²) >= 11 is 0. The van der Waals surface area contributed by atoms with E-state index in [0.29, 0.717) is 38.2 Å². The van der Waals surface area contributed by atoms with E-state index in [-0.39, 0.29) is 40.6 Å². The Morgan fingerprint density at radius 2 is 1.97 bits per heavy atom. The Bertz CT molecular complexity index is 857. The molecule has 1 aromatic heterocycles. The van der Waals surface area contributed by atoms with Gasteiger partial charge in [0.1, 0.15) is 18.1 Å². The van der Waals surface area contributed by atoms with Crippen LogP contribution < -0.4 is 10.6 Å². The summed E-state index contributed by atoms with van der Waals surface area (Å²) in [5.74, 6) is 1.91. The summed E-state index contributed by atoms with van der Waals surface area (Å²) in [7, 11) is 0. The molecule has 1 aliphatic rings. The molecule has 1 aliphatic heterocycles. The molecule has 0 saturated carbocycles. The third kappa shape index (κ3) is 6.90. The van der Waals surface area contributed by atoms with Gasteiger partial charge in [-0.25, -0.2) is 14.4 Å². The maximum absolute atomic E-state index is 13.9.